The molecular weight excluding hydrogens is 384 g/mol. The van der Waals surface area contributed by atoms with E-state index in [4.69, 9.17) is 16.3 Å². The number of Topliss-reactive ketones (excluding diaryl/α,β-unsaturated/α-hetero) is 1. The summed E-state index contributed by atoms with van der Waals surface area (Å²) >= 11 is 6.10. The number of carbonyl (C=O) groups is 1. The maximum absolute atomic E-state index is 12.5. The molecule has 0 radical (unpaired) electrons. The van der Waals surface area contributed by atoms with Crippen LogP contribution in [0.1, 0.15) is 41.3 Å². The molecule has 3 nitrogen and oxygen atoms in total. The average molecular weight is 409 g/mol. The van der Waals surface area contributed by atoms with Crippen LogP contribution < -0.4 is 4.74 Å². The lowest BCUT2D eigenvalue weighted by atomic mass is 9.99. The van der Waals surface area contributed by atoms with Crippen LogP contribution in [-0.4, -0.2) is 17.5 Å². The minimum absolute atomic E-state index is 0.0874. The monoisotopic (exact) mass is 408 g/mol. The van der Waals surface area contributed by atoms with Gasteiger partial charge in [-0.1, -0.05) is 65.7 Å². The first-order valence-corrected chi connectivity index (χ1v) is 10.2. The van der Waals surface area contributed by atoms with Gasteiger partial charge in [0, 0.05) is 6.42 Å². The molecule has 1 N–H and O–H groups in total. The Balaban J connectivity index is 1.58. The van der Waals surface area contributed by atoms with Crippen LogP contribution >= 0.6 is 11.6 Å². The molecule has 0 bridgehead atoms. The van der Waals surface area contributed by atoms with Crippen LogP contribution in [0.15, 0.2) is 60.7 Å². The van der Waals surface area contributed by atoms with Crippen molar-refractivity contribution in [2.24, 2.45) is 0 Å². The number of ether oxygens (including phenoxy) is 1. The van der Waals surface area contributed by atoms with Gasteiger partial charge in [-0.3, -0.25) is 4.79 Å². The van der Waals surface area contributed by atoms with Gasteiger partial charge in [0.05, 0.1) is 12.2 Å². The highest BCUT2D eigenvalue weighted by Gasteiger charge is 2.17. The fourth-order valence-electron chi connectivity index (χ4n) is 3.24. The Morgan fingerprint density at radius 3 is 2.21 bits per heavy atom. The third-order valence-electron chi connectivity index (χ3n) is 4.89. The van der Waals surface area contributed by atoms with Crippen molar-refractivity contribution < 1.29 is 14.6 Å². The molecule has 29 heavy (non-hydrogen) atoms. The number of phenolic OH excluding ortho intramolecular Hbond substituents is 1. The first-order chi connectivity index (χ1) is 14.0. The van der Waals surface area contributed by atoms with Crippen molar-refractivity contribution in [3.8, 4) is 22.6 Å². The predicted molar refractivity (Wildman–Crippen MR) is 118 cm³/mol. The van der Waals surface area contributed by atoms with Gasteiger partial charge in [0.25, 0.3) is 0 Å². The molecule has 150 valence electrons. The van der Waals surface area contributed by atoms with E-state index in [9.17, 15) is 9.90 Å². The van der Waals surface area contributed by atoms with Gasteiger partial charge in [0.1, 0.15) is 16.5 Å². The molecule has 3 rings (SSSR count). The summed E-state index contributed by atoms with van der Waals surface area (Å²) in [6, 6.07) is 20.1. The van der Waals surface area contributed by atoms with E-state index in [0.717, 1.165) is 6.42 Å². The number of aromatic hydroxyl groups is 1. The molecule has 3 aromatic carbocycles. The Labute approximate surface area is 176 Å². The van der Waals surface area contributed by atoms with Crippen LogP contribution in [0.25, 0.3) is 11.1 Å². The highest BCUT2D eigenvalue weighted by atomic mass is 35.5. The van der Waals surface area contributed by atoms with Crippen molar-refractivity contribution in [2.45, 2.75) is 33.1 Å². The molecule has 0 amide bonds. The molecule has 0 aliphatic rings. The number of halogens is 1. The molecule has 0 fully saturated rings. The van der Waals surface area contributed by atoms with Gasteiger partial charge in [0.2, 0.25) is 0 Å². The van der Waals surface area contributed by atoms with Crippen LogP contribution in [-0.2, 0) is 6.42 Å². The zero-order chi connectivity index (χ0) is 20.8. The minimum atomic E-state index is -0.204. The smallest absolute Gasteiger partial charge is 0.166 e. The molecule has 0 spiro atoms. The zero-order valence-electron chi connectivity index (χ0n) is 16.7. The second-order valence-corrected chi connectivity index (χ2v) is 7.42. The number of carbonyl (C=O) groups excluding carboxylic acids is 1. The van der Waals surface area contributed by atoms with Gasteiger partial charge >= 0.3 is 0 Å². The second kappa shape index (κ2) is 9.62. The molecule has 4 heteroatoms. The van der Waals surface area contributed by atoms with Crippen LogP contribution in [0.5, 0.6) is 11.5 Å². The highest BCUT2D eigenvalue weighted by molar-refractivity contribution is 6.34. The molecular formula is C25H25ClO3. The quantitative estimate of drug-likeness (QED) is 0.425. The van der Waals surface area contributed by atoms with Crippen molar-refractivity contribution in [3.63, 3.8) is 0 Å². The van der Waals surface area contributed by atoms with E-state index in [1.54, 1.807) is 12.1 Å². The standard InChI is InChI=1S/C25H25ClO3/c1-3-29-23-16-15-21(25(28)24(23)26)22(27)6-4-5-18-9-13-20(14-10-18)19-11-7-17(2)8-12-19/h7-16,28H,3-6H2,1-2H3. The molecule has 0 aromatic heterocycles. The summed E-state index contributed by atoms with van der Waals surface area (Å²) in [4.78, 5) is 12.5. The molecule has 0 saturated carbocycles. The molecule has 0 saturated heterocycles. The van der Waals surface area contributed by atoms with Crippen molar-refractivity contribution >= 4 is 17.4 Å². The van der Waals surface area contributed by atoms with E-state index in [1.807, 2.05) is 6.92 Å². The number of phenols is 1. The fraction of sp³-hybridized carbons (Fsp3) is 0.240. The Bertz CT molecular complexity index is 976. The van der Waals surface area contributed by atoms with Gasteiger partial charge in [-0.05, 0) is 55.5 Å². The predicted octanol–water partition coefficient (Wildman–Crippen LogP) is 6.63. The number of benzene rings is 3. The van der Waals surface area contributed by atoms with Crippen LogP contribution in [0.3, 0.4) is 0 Å². The molecule has 0 aliphatic carbocycles. The Hall–Kier alpha value is -2.78. The lowest BCUT2D eigenvalue weighted by molar-refractivity contribution is 0.0977. The van der Waals surface area contributed by atoms with Crippen molar-refractivity contribution in [1.82, 2.24) is 0 Å². The lowest BCUT2D eigenvalue weighted by Crippen LogP contribution is -2.02. The molecule has 0 heterocycles. The van der Waals surface area contributed by atoms with E-state index in [2.05, 4.69) is 55.5 Å². The normalized spacial score (nSPS) is 10.7. The largest absolute Gasteiger partial charge is 0.505 e. The fourth-order valence-corrected chi connectivity index (χ4v) is 3.45. The molecule has 0 aliphatic heterocycles. The van der Waals surface area contributed by atoms with Crippen LogP contribution in [0, 0.1) is 6.92 Å². The Morgan fingerprint density at radius 2 is 1.59 bits per heavy atom. The Kier molecular flexibility index (Phi) is 6.95. The number of hydrogen-bond donors (Lipinski definition) is 1. The third kappa shape index (κ3) is 5.18. The maximum atomic E-state index is 12.5. The molecule has 0 unspecified atom stereocenters. The lowest BCUT2D eigenvalue weighted by Gasteiger charge is -2.10. The number of rotatable bonds is 8. The summed E-state index contributed by atoms with van der Waals surface area (Å²) in [7, 11) is 0. The van der Waals surface area contributed by atoms with Gasteiger partial charge in [0.15, 0.2) is 5.78 Å². The summed E-state index contributed by atoms with van der Waals surface area (Å²) in [5.74, 6) is 0.0608. The first-order valence-electron chi connectivity index (χ1n) is 9.83. The SMILES string of the molecule is CCOc1ccc(C(=O)CCCc2ccc(-c3ccc(C)cc3)cc2)c(O)c1Cl. The van der Waals surface area contributed by atoms with Gasteiger partial charge in [-0.15, -0.1) is 0 Å². The number of hydrogen-bond acceptors (Lipinski definition) is 3. The topological polar surface area (TPSA) is 46.5 Å². The number of ketones is 1. The zero-order valence-corrected chi connectivity index (χ0v) is 17.5. The summed E-state index contributed by atoms with van der Waals surface area (Å²) in [6.45, 7) is 4.35. The molecule has 0 atom stereocenters. The van der Waals surface area contributed by atoms with Crippen molar-refractivity contribution in [2.75, 3.05) is 6.61 Å². The first kappa shape index (κ1) is 20.9. The van der Waals surface area contributed by atoms with Crippen LogP contribution in [0.4, 0.5) is 0 Å². The maximum Gasteiger partial charge on any atom is 0.166 e. The van der Waals surface area contributed by atoms with E-state index < -0.39 is 0 Å². The average Bonchev–Trinajstić information content (AvgIpc) is 2.73. The van der Waals surface area contributed by atoms with E-state index in [0.29, 0.717) is 25.2 Å². The van der Waals surface area contributed by atoms with E-state index >= 15 is 0 Å². The van der Waals surface area contributed by atoms with E-state index in [-0.39, 0.29) is 22.1 Å². The summed E-state index contributed by atoms with van der Waals surface area (Å²) in [5.41, 5.74) is 5.05. The minimum Gasteiger partial charge on any atom is -0.505 e. The summed E-state index contributed by atoms with van der Waals surface area (Å²) in [5, 5.41) is 10.3. The molecule has 3 aromatic rings. The third-order valence-corrected chi connectivity index (χ3v) is 5.25. The van der Waals surface area contributed by atoms with Gasteiger partial charge < -0.3 is 9.84 Å². The van der Waals surface area contributed by atoms with Crippen molar-refractivity contribution in [3.05, 3.63) is 82.4 Å². The van der Waals surface area contributed by atoms with E-state index in [1.165, 1.54) is 22.3 Å². The van der Waals surface area contributed by atoms with Crippen molar-refractivity contribution in [1.29, 1.82) is 0 Å². The van der Waals surface area contributed by atoms with Gasteiger partial charge in [-0.2, -0.15) is 0 Å². The summed E-state index contributed by atoms with van der Waals surface area (Å²) in [6.07, 6.45) is 1.84. The van der Waals surface area contributed by atoms with Gasteiger partial charge in [-0.25, -0.2) is 0 Å². The Morgan fingerprint density at radius 1 is 0.966 bits per heavy atom. The highest BCUT2D eigenvalue weighted by Crippen LogP contribution is 2.36. The summed E-state index contributed by atoms with van der Waals surface area (Å²) < 4.78 is 5.34. The second-order valence-electron chi connectivity index (χ2n) is 7.05. The van der Waals surface area contributed by atoms with Crippen LogP contribution in [0.2, 0.25) is 5.02 Å². The number of aryl methyl sites for hydroxylation is 2.